The molecule has 4 aromatic rings. The van der Waals surface area contributed by atoms with Crippen molar-refractivity contribution >= 4 is 17.3 Å². The van der Waals surface area contributed by atoms with E-state index in [0.717, 1.165) is 5.56 Å². The highest BCUT2D eigenvalue weighted by atomic mass is 16.7. The van der Waals surface area contributed by atoms with Gasteiger partial charge in [0.1, 0.15) is 24.2 Å². The number of nitro benzene ring substituents is 1. The molecule has 0 N–H and O–H groups in total. The molecule has 1 fully saturated rings. The third kappa shape index (κ3) is 5.13. The van der Waals surface area contributed by atoms with Gasteiger partial charge in [-0.25, -0.2) is 14.3 Å². The Balaban J connectivity index is 1.41. The molecular formula is C26H24N4O7. The molecule has 1 atom stereocenters. The van der Waals surface area contributed by atoms with Crippen LogP contribution in [0, 0.1) is 17.0 Å². The first-order valence-corrected chi connectivity index (χ1v) is 11.6. The SMILES string of the molecule is Cc1nc2ccc(-c3ccccc3OC[C@@H]3COC(C)(C)O3)nn2c1C(=O)Oc1ccc([N+](=O)[O-])cc1. The largest absolute Gasteiger partial charge is 0.490 e. The average Bonchev–Trinajstić information content (AvgIpc) is 3.40. The molecule has 0 radical (unpaired) electrons. The molecule has 37 heavy (non-hydrogen) atoms. The molecule has 11 nitrogen and oxygen atoms in total. The van der Waals surface area contributed by atoms with Crippen molar-refractivity contribution < 1.29 is 28.7 Å². The fourth-order valence-corrected chi connectivity index (χ4v) is 4.04. The van der Waals surface area contributed by atoms with E-state index in [0.29, 0.717) is 36.0 Å². The maximum absolute atomic E-state index is 13.0. The van der Waals surface area contributed by atoms with Gasteiger partial charge in [0.05, 0.1) is 22.9 Å². The number of para-hydroxylation sites is 1. The highest BCUT2D eigenvalue weighted by Crippen LogP contribution is 2.30. The summed E-state index contributed by atoms with van der Waals surface area (Å²) in [7, 11) is 0. The van der Waals surface area contributed by atoms with Crippen LogP contribution in [0.25, 0.3) is 16.9 Å². The molecular weight excluding hydrogens is 480 g/mol. The van der Waals surface area contributed by atoms with Gasteiger partial charge in [-0.05, 0) is 57.2 Å². The fourth-order valence-electron chi connectivity index (χ4n) is 4.04. The van der Waals surface area contributed by atoms with Crippen LogP contribution in [0.2, 0.25) is 0 Å². The van der Waals surface area contributed by atoms with Crippen molar-refractivity contribution in [2.75, 3.05) is 13.2 Å². The molecule has 190 valence electrons. The molecule has 0 bridgehead atoms. The third-order valence-electron chi connectivity index (χ3n) is 5.76. The number of benzene rings is 2. The quantitative estimate of drug-likeness (QED) is 0.156. The second kappa shape index (κ2) is 9.60. The molecule has 5 rings (SSSR count). The van der Waals surface area contributed by atoms with Crippen LogP contribution in [-0.2, 0) is 9.47 Å². The Kier molecular flexibility index (Phi) is 6.32. The number of hydrogen-bond acceptors (Lipinski definition) is 9. The first-order chi connectivity index (χ1) is 17.7. The van der Waals surface area contributed by atoms with Crippen LogP contribution < -0.4 is 9.47 Å². The topological polar surface area (TPSA) is 127 Å². The van der Waals surface area contributed by atoms with Crippen molar-refractivity contribution in [3.05, 3.63) is 82.2 Å². The highest BCUT2D eigenvalue weighted by Gasteiger charge is 2.33. The maximum atomic E-state index is 13.0. The van der Waals surface area contributed by atoms with E-state index >= 15 is 0 Å². The van der Waals surface area contributed by atoms with Crippen molar-refractivity contribution in [1.82, 2.24) is 14.6 Å². The molecule has 1 aliphatic heterocycles. The zero-order chi connectivity index (χ0) is 26.2. The summed E-state index contributed by atoms with van der Waals surface area (Å²) in [6.45, 7) is 6.14. The maximum Gasteiger partial charge on any atom is 0.364 e. The summed E-state index contributed by atoms with van der Waals surface area (Å²) in [5.74, 6) is -0.552. The van der Waals surface area contributed by atoms with E-state index in [9.17, 15) is 14.9 Å². The van der Waals surface area contributed by atoms with Crippen molar-refractivity contribution in [3.8, 4) is 22.8 Å². The Bertz CT molecular complexity index is 1480. The molecule has 0 aliphatic carbocycles. The molecule has 2 aromatic carbocycles. The van der Waals surface area contributed by atoms with E-state index in [4.69, 9.17) is 18.9 Å². The second-order valence-electron chi connectivity index (χ2n) is 8.93. The standard InChI is InChI=1S/C26H24N4O7/c1-16-24(25(31)36-18-10-8-17(9-11-18)30(32)33)29-23(27-16)13-12-21(28-29)20-6-4-5-7-22(20)34-14-19-15-35-26(2,3)37-19/h4-13,19H,14-15H2,1-3H3/t19-/m1/s1. The van der Waals surface area contributed by atoms with Gasteiger partial charge in [0.25, 0.3) is 5.69 Å². The number of aromatic nitrogens is 3. The van der Waals surface area contributed by atoms with E-state index in [1.54, 1.807) is 19.1 Å². The number of rotatable bonds is 7. The molecule has 0 unspecified atom stereocenters. The summed E-state index contributed by atoms with van der Waals surface area (Å²) >= 11 is 0. The lowest BCUT2D eigenvalue weighted by Gasteiger charge is -2.18. The minimum Gasteiger partial charge on any atom is -0.490 e. The molecule has 3 heterocycles. The summed E-state index contributed by atoms with van der Waals surface area (Å²) in [5, 5.41) is 15.5. The van der Waals surface area contributed by atoms with Gasteiger partial charge in [-0.2, -0.15) is 5.10 Å². The zero-order valence-corrected chi connectivity index (χ0v) is 20.4. The Labute approximate surface area is 211 Å². The normalized spacial score (nSPS) is 16.6. The number of aryl methyl sites for hydroxylation is 1. The van der Waals surface area contributed by atoms with Crippen LogP contribution in [0.5, 0.6) is 11.5 Å². The smallest absolute Gasteiger partial charge is 0.364 e. The van der Waals surface area contributed by atoms with Crippen LogP contribution in [0.1, 0.15) is 30.0 Å². The van der Waals surface area contributed by atoms with Gasteiger partial charge in [-0.1, -0.05) is 12.1 Å². The zero-order valence-electron chi connectivity index (χ0n) is 20.4. The van der Waals surface area contributed by atoms with Gasteiger partial charge in [0, 0.05) is 17.7 Å². The fraction of sp³-hybridized carbons (Fsp3) is 0.269. The molecule has 1 aliphatic rings. The molecule has 2 aromatic heterocycles. The van der Waals surface area contributed by atoms with Crippen LogP contribution in [0.15, 0.2) is 60.7 Å². The van der Waals surface area contributed by atoms with Crippen molar-refractivity contribution in [1.29, 1.82) is 0 Å². The Hall–Kier alpha value is -4.35. The molecule has 0 spiro atoms. The van der Waals surface area contributed by atoms with Gasteiger partial charge in [0.2, 0.25) is 0 Å². The lowest BCUT2D eigenvalue weighted by molar-refractivity contribution is -0.384. The Morgan fingerprint density at radius 3 is 2.62 bits per heavy atom. The minimum absolute atomic E-state index is 0.103. The predicted molar refractivity (Wildman–Crippen MR) is 132 cm³/mol. The first-order valence-electron chi connectivity index (χ1n) is 11.6. The number of ether oxygens (including phenoxy) is 4. The van der Waals surface area contributed by atoms with Crippen molar-refractivity contribution in [2.45, 2.75) is 32.7 Å². The van der Waals surface area contributed by atoms with Gasteiger partial charge < -0.3 is 18.9 Å². The number of non-ortho nitro benzene ring substituents is 1. The number of nitro groups is 1. The highest BCUT2D eigenvalue weighted by molar-refractivity contribution is 5.91. The summed E-state index contributed by atoms with van der Waals surface area (Å²) < 4.78 is 24.4. The molecule has 0 amide bonds. The van der Waals surface area contributed by atoms with E-state index in [-0.39, 0.29) is 23.2 Å². The molecule has 11 heteroatoms. The van der Waals surface area contributed by atoms with Crippen LogP contribution in [0.3, 0.4) is 0 Å². The Morgan fingerprint density at radius 2 is 1.92 bits per heavy atom. The number of nitrogens with zero attached hydrogens (tertiary/aromatic N) is 4. The van der Waals surface area contributed by atoms with Crippen molar-refractivity contribution in [2.24, 2.45) is 0 Å². The van der Waals surface area contributed by atoms with Gasteiger partial charge in [0.15, 0.2) is 17.1 Å². The van der Waals surface area contributed by atoms with Crippen LogP contribution in [0.4, 0.5) is 5.69 Å². The van der Waals surface area contributed by atoms with Gasteiger partial charge in [-0.3, -0.25) is 10.1 Å². The number of imidazole rings is 1. The number of fused-ring (bicyclic) bond motifs is 1. The molecule has 0 saturated carbocycles. The summed E-state index contributed by atoms with van der Waals surface area (Å²) in [6, 6.07) is 16.3. The van der Waals surface area contributed by atoms with E-state index < -0.39 is 16.7 Å². The summed E-state index contributed by atoms with van der Waals surface area (Å²) in [4.78, 5) is 27.8. The number of esters is 1. The third-order valence-corrected chi connectivity index (χ3v) is 5.76. The summed E-state index contributed by atoms with van der Waals surface area (Å²) in [6.07, 6.45) is -0.199. The number of hydrogen-bond donors (Lipinski definition) is 0. The monoisotopic (exact) mass is 504 g/mol. The lowest BCUT2D eigenvalue weighted by Crippen LogP contribution is -2.25. The number of carbonyl (C=O) groups is 1. The second-order valence-corrected chi connectivity index (χ2v) is 8.93. The van der Waals surface area contributed by atoms with Crippen molar-refractivity contribution in [3.63, 3.8) is 0 Å². The van der Waals surface area contributed by atoms with Crippen LogP contribution in [-0.4, -0.2) is 50.6 Å². The molecule has 1 saturated heterocycles. The Morgan fingerprint density at radius 1 is 1.16 bits per heavy atom. The summed E-state index contributed by atoms with van der Waals surface area (Å²) in [5.41, 5.74) is 2.23. The van der Waals surface area contributed by atoms with Gasteiger partial charge >= 0.3 is 5.97 Å². The number of carbonyl (C=O) groups excluding carboxylic acids is 1. The van der Waals surface area contributed by atoms with Crippen LogP contribution >= 0.6 is 0 Å². The van der Waals surface area contributed by atoms with E-state index in [1.807, 2.05) is 38.1 Å². The van der Waals surface area contributed by atoms with Gasteiger partial charge in [-0.15, -0.1) is 0 Å². The first kappa shape index (κ1) is 24.3. The average molecular weight is 504 g/mol. The predicted octanol–water partition coefficient (Wildman–Crippen LogP) is 4.36. The van der Waals surface area contributed by atoms with E-state index in [2.05, 4.69) is 10.1 Å². The minimum atomic E-state index is -0.686. The van der Waals surface area contributed by atoms with E-state index in [1.165, 1.54) is 28.8 Å². The lowest BCUT2D eigenvalue weighted by atomic mass is 10.1.